The molecule has 5 rings (SSSR count). The summed E-state index contributed by atoms with van der Waals surface area (Å²) in [5, 5.41) is 8.04. The number of ether oxygens (including phenoxy) is 1. The smallest absolute Gasteiger partial charge is 0.410 e. The lowest BCUT2D eigenvalue weighted by Gasteiger charge is -2.39. The summed E-state index contributed by atoms with van der Waals surface area (Å²) in [6.45, 7) is 8.22. The summed E-state index contributed by atoms with van der Waals surface area (Å²) in [6, 6.07) is 6.51. The molecule has 9 nitrogen and oxygen atoms in total. The number of amides is 3. The van der Waals surface area contributed by atoms with Gasteiger partial charge in [0, 0.05) is 50.2 Å². The van der Waals surface area contributed by atoms with Gasteiger partial charge in [-0.25, -0.2) is 4.79 Å². The van der Waals surface area contributed by atoms with Crippen LogP contribution in [0, 0.1) is 5.92 Å². The molecule has 3 atom stereocenters. The van der Waals surface area contributed by atoms with Crippen LogP contribution in [-0.2, 0) is 21.4 Å². The summed E-state index contributed by atoms with van der Waals surface area (Å²) < 4.78 is 7.45. The Balaban J connectivity index is 1.32. The molecule has 1 aromatic carbocycles. The topological polar surface area (TPSA) is 96.8 Å². The molecule has 3 amide bonds. The lowest BCUT2D eigenvalue weighted by molar-refractivity contribution is -0.134. The summed E-state index contributed by atoms with van der Waals surface area (Å²) in [5.41, 5.74) is 2.35. The number of carbonyl (C=O) groups is 3. The number of aromatic nitrogens is 2. The van der Waals surface area contributed by atoms with Gasteiger partial charge in [-0.1, -0.05) is 0 Å². The molecule has 0 spiro atoms. The molecule has 1 N–H and O–H groups in total. The summed E-state index contributed by atoms with van der Waals surface area (Å²) in [4.78, 5) is 40.9. The van der Waals surface area contributed by atoms with Crippen LogP contribution >= 0.6 is 0 Å². The zero-order chi connectivity index (χ0) is 24.2. The molecule has 4 heterocycles. The number of imide groups is 1. The molecular formula is C25H33N5O4. The van der Waals surface area contributed by atoms with E-state index in [0.717, 1.165) is 54.8 Å². The molecule has 9 heteroatoms. The van der Waals surface area contributed by atoms with Crippen molar-refractivity contribution in [2.24, 2.45) is 13.0 Å². The van der Waals surface area contributed by atoms with Crippen LogP contribution in [0.1, 0.15) is 58.1 Å². The third-order valence-corrected chi connectivity index (χ3v) is 7.26. The van der Waals surface area contributed by atoms with E-state index in [4.69, 9.17) is 4.74 Å². The van der Waals surface area contributed by atoms with Crippen molar-refractivity contribution >= 4 is 34.5 Å². The number of hydrogen-bond acceptors (Lipinski definition) is 6. The molecule has 0 radical (unpaired) electrons. The van der Waals surface area contributed by atoms with E-state index in [-0.39, 0.29) is 23.9 Å². The van der Waals surface area contributed by atoms with Crippen molar-refractivity contribution in [3.05, 3.63) is 23.9 Å². The average molecular weight is 468 g/mol. The largest absolute Gasteiger partial charge is 0.444 e. The van der Waals surface area contributed by atoms with E-state index in [2.05, 4.69) is 27.4 Å². The first kappa shape index (κ1) is 22.7. The van der Waals surface area contributed by atoms with E-state index < -0.39 is 11.5 Å². The molecule has 2 aromatic rings. The van der Waals surface area contributed by atoms with Gasteiger partial charge in [-0.3, -0.25) is 19.6 Å². The zero-order valence-corrected chi connectivity index (χ0v) is 20.3. The van der Waals surface area contributed by atoms with E-state index in [0.29, 0.717) is 18.8 Å². The van der Waals surface area contributed by atoms with E-state index in [1.54, 1.807) is 0 Å². The maximum absolute atomic E-state index is 12.7. The Bertz CT molecular complexity index is 1150. The van der Waals surface area contributed by atoms with Gasteiger partial charge in [0.25, 0.3) is 0 Å². The number of benzene rings is 1. The van der Waals surface area contributed by atoms with Crippen LogP contribution in [0.15, 0.2) is 18.2 Å². The van der Waals surface area contributed by atoms with Crippen molar-refractivity contribution in [3.63, 3.8) is 0 Å². The number of rotatable bonds is 2. The van der Waals surface area contributed by atoms with E-state index in [1.807, 2.05) is 43.5 Å². The monoisotopic (exact) mass is 467 g/mol. The standard InChI is InChI=1S/C25H33N5O4/c1-25(2,3)34-24(33)30-12-9-15-14-29(11-10-19(15)30)16-5-6-17-20(13-16)28(4)27-22(17)18-7-8-21(31)26-23(18)32/h5-6,13,15,18-19H,7-12,14H2,1-4H3,(H,26,31,32). The summed E-state index contributed by atoms with van der Waals surface area (Å²) in [6.07, 6.45) is 2.51. The van der Waals surface area contributed by atoms with E-state index >= 15 is 0 Å². The molecule has 3 fully saturated rings. The van der Waals surface area contributed by atoms with Crippen LogP contribution in [-0.4, -0.2) is 63.9 Å². The molecule has 3 unspecified atom stereocenters. The van der Waals surface area contributed by atoms with Crippen LogP contribution in [0.3, 0.4) is 0 Å². The number of hydrogen-bond donors (Lipinski definition) is 1. The number of carbonyl (C=O) groups excluding carboxylic acids is 3. The Morgan fingerprint density at radius 1 is 1.15 bits per heavy atom. The van der Waals surface area contributed by atoms with Crippen molar-refractivity contribution in [3.8, 4) is 0 Å². The number of anilines is 1. The number of likely N-dealkylation sites (tertiary alicyclic amines) is 1. The van der Waals surface area contributed by atoms with Crippen molar-refractivity contribution in [1.29, 1.82) is 0 Å². The first-order valence-electron chi connectivity index (χ1n) is 12.2. The van der Waals surface area contributed by atoms with Gasteiger partial charge in [0.05, 0.1) is 17.1 Å². The van der Waals surface area contributed by atoms with Crippen molar-refractivity contribution in [2.75, 3.05) is 24.5 Å². The SMILES string of the molecule is Cn1nc(C2CCC(=O)NC2=O)c2ccc(N3CCC4C(CCN4C(=O)OC(C)(C)C)C3)cc21. The molecule has 1 aromatic heterocycles. The van der Waals surface area contributed by atoms with Crippen molar-refractivity contribution in [2.45, 2.75) is 64.0 Å². The van der Waals surface area contributed by atoms with Crippen LogP contribution < -0.4 is 10.2 Å². The Morgan fingerprint density at radius 2 is 1.94 bits per heavy atom. The molecule has 0 saturated carbocycles. The van der Waals surface area contributed by atoms with Crippen molar-refractivity contribution in [1.82, 2.24) is 20.0 Å². The Labute approximate surface area is 199 Å². The predicted octanol–water partition coefficient (Wildman–Crippen LogP) is 2.93. The lowest BCUT2D eigenvalue weighted by atomic mass is 9.91. The average Bonchev–Trinajstić information content (AvgIpc) is 3.33. The molecule has 3 aliphatic rings. The van der Waals surface area contributed by atoms with Crippen molar-refractivity contribution < 1.29 is 19.1 Å². The van der Waals surface area contributed by atoms with Crippen LogP contribution in [0.25, 0.3) is 10.9 Å². The highest BCUT2D eigenvalue weighted by Crippen LogP contribution is 2.36. The number of fused-ring (bicyclic) bond motifs is 2. The molecule has 182 valence electrons. The zero-order valence-electron chi connectivity index (χ0n) is 20.3. The van der Waals surface area contributed by atoms with Gasteiger partial charge < -0.3 is 14.5 Å². The minimum atomic E-state index is -0.485. The maximum Gasteiger partial charge on any atom is 0.410 e. The number of nitrogens with one attached hydrogen (secondary N) is 1. The molecule has 34 heavy (non-hydrogen) atoms. The maximum atomic E-state index is 12.7. The lowest BCUT2D eigenvalue weighted by Crippen LogP contribution is -2.48. The normalized spacial score (nSPS) is 25.5. The minimum Gasteiger partial charge on any atom is -0.444 e. The minimum absolute atomic E-state index is 0.203. The molecule has 0 bridgehead atoms. The summed E-state index contributed by atoms with van der Waals surface area (Å²) in [7, 11) is 1.89. The quantitative estimate of drug-likeness (QED) is 0.682. The highest BCUT2D eigenvalue weighted by Gasteiger charge is 2.42. The van der Waals surface area contributed by atoms with Gasteiger partial charge in [0.2, 0.25) is 11.8 Å². The van der Waals surface area contributed by atoms with Gasteiger partial charge in [0.15, 0.2) is 0 Å². The van der Waals surface area contributed by atoms with Gasteiger partial charge in [-0.2, -0.15) is 5.10 Å². The second kappa shape index (κ2) is 8.29. The second-order valence-corrected chi connectivity index (χ2v) is 10.7. The fraction of sp³-hybridized carbons (Fsp3) is 0.600. The predicted molar refractivity (Wildman–Crippen MR) is 128 cm³/mol. The second-order valence-electron chi connectivity index (χ2n) is 10.7. The first-order valence-corrected chi connectivity index (χ1v) is 12.2. The van der Waals surface area contributed by atoms with Gasteiger partial charge in [0.1, 0.15) is 5.60 Å². The third kappa shape index (κ3) is 4.12. The fourth-order valence-corrected chi connectivity index (χ4v) is 5.65. The highest BCUT2D eigenvalue weighted by atomic mass is 16.6. The van der Waals surface area contributed by atoms with Crippen LogP contribution in [0.2, 0.25) is 0 Å². The van der Waals surface area contributed by atoms with Crippen LogP contribution in [0.5, 0.6) is 0 Å². The Hall–Kier alpha value is -3.10. The molecule has 0 aliphatic carbocycles. The summed E-state index contributed by atoms with van der Waals surface area (Å²) in [5.74, 6) is -0.467. The van der Waals surface area contributed by atoms with Gasteiger partial charge >= 0.3 is 6.09 Å². The number of nitrogens with zero attached hydrogens (tertiary/aromatic N) is 4. The first-order chi connectivity index (χ1) is 16.1. The number of aryl methyl sites for hydroxylation is 1. The Morgan fingerprint density at radius 3 is 2.68 bits per heavy atom. The van der Waals surface area contributed by atoms with E-state index in [1.165, 1.54) is 0 Å². The van der Waals surface area contributed by atoms with Crippen LogP contribution in [0.4, 0.5) is 10.5 Å². The summed E-state index contributed by atoms with van der Waals surface area (Å²) >= 11 is 0. The molecular weight excluding hydrogens is 434 g/mol. The van der Waals surface area contributed by atoms with E-state index in [9.17, 15) is 14.4 Å². The van der Waals surface area contributed by atoms with Gasteiger partial charge in [-0.15, -0.1) is 0 Å². The van der Waals surface area contributed by atoms with Gasteiger partial charge in [-0.05, 0) is 64.2 Å². The third-order valence-electron chi connectivity index (χ3n) is 7.26. The molecule has 3 saturated heterocycles. The Kier molecular flexibility index (Phi) is 5.53. The number of piperidine rings is 2. The molecule has 3 aliphatic heterocycles. The highest BCUT2D eigenvalue weighted by molar-refractivity contribution is 6.02. The fourth-order valence-electron chi connectivity index (χ4n) is 5.65.